The van der Waals surface area contributed by atoms with Crippen molar-refractivity contribution >= 4 is 23.2 Å². The summed E-state index contributed by atoms with van der Waals surface area (Å²) in [5, 5.41) is 20.6. The molecule has 5 aromatic rings. The van der Waals surface area contributed by atoms with Crippen LogP contribution in [0.4, 0.5) is 0 Å². The van der Waals surface area contributed by atoms with Crippen molar-refractivity contribution in [3.8, 4) is 11.3 Å². The third-order valence-electron chi connectivity index (χ3n) is 5.65. The van der Waals surface area contributed by atoms with Crippen molar-refractivity contribution in [3.05, 3.63) is 127 Å². The lowest BCUT2D eigenvalue weighted by molar-refractivity contribution is -1.92. The minimum absolute atomic E-state index is 0.706. The molecule has 0 spiro atoms. The van der Waals surface area contributed by atoms with Crippen molar-refractivity contribution in [2.24, 2.45) is 0 Å². The van der Waals surface area contributed by atoms with Crippen molar-refractivity contribution in [3.63, 3.8) is 0 Å². The lowest BCUT2D eigenvalue weighted by Crippen LogP contribution is -2.58. The van der Waals surface area contributed by atoms with Crippen molar-refractivity contribution in [1.29, 1.82) is 0 Å². The predicted octanol–water partition coefficient (Wildman–Crippen LogP) is 0.304. The molecule has 10 heteroatoms. The molecule has 1 aromatic heterocycles. The minimum atomic E-state index is -4.69. The van der Waals surface area contributed by atoms with Gasteiger partial charge >= 0.3 is 0 Å². The first kappa shape index (κ1) is 26.4. The summed E-state index contributed by atoms with van der Waals surface area (Å²) < 4.78 is 32.7. The number of aromatic nitrogens is 4. The third kappa shape index (κ3) is 6.78. The smallest absolute Gasteiger partial charge is 0.131 e. The van der Waals surface area contributed by atoms with E-state index in [1.165, 1.54) is 15.9 Å². The van der Waals surface area contributed by atoms with Crippen molar-refractivity contribution in [2.45, 2.75) is 6.16 Å². The van der Waals surface area contributed by atoms with Gasteiger partial charge in [0.1, 0.15) is 40.7 Å². The van der Waals surface area contributed by atoms with Crippen LogP contribution < -0.4 is 29.9 Å². The molecule has 1 heterocycles. The Morgan fingerprint density at radius 1 is 0.568 bits per heavy atom. The van der Waals surface area contributed by atoms with Crippen LogP contribution in [-0.2, 0) is 6.16 Å². The van der Waals surface area contributed by atoms with E-state index in [9.17, 15) is 0 Å². The molecular weight excluding hydrogens is 511 g/mol. The zero-order chi connectivity index (χ0) is 26.1. The van der Waals surface area contributed by atoms with E-state index in [1.807, 2.05) is 30.3 Å². The summed E-state index contributed by atoms with van der Waals surface area (Å²) in [7, 11) is -6.79. The first-order valence-corrected chi connectivity index (χ1v) is 14.4. The Morgan fingerprint density at radius 3 is 1.32 bits per heavy atom. The first-order chi connectivity index (χ1) is 17.9. The lowest BCUT2D eigenvalue weighted by atomic mass is 10.1. The Labute approximate surface area is 217 Å². The zero-order valence-electron chi connectivity index (χ0n) is 19.5. The number of rotatable bonds is 6. The Morgan fingerprint density at radius 2 is 0.919 bits per heavy atom. The number of hydrogen-bond donors (Lipinski definition) is 1. The molecule has 0 saturated carbocycles. The number of nitrogens with zero attached hydrogens (tertiary/aromatic N) is 4. The molecule has 5 rings (SSSR count). The van der Waals surface area contributed by atoms with Crippen LogP contribution >= 0.6 is 7.26 Å². The molecule has 0 aliphatic rings. The van der Waals surface area contributed by atoms with Crippen LogP contribution in [0.25, 0.3) is 11.3 Å². The highest BCUT2D eigenvalue weighted by Gasteiger charge is 2.46. The molecule has 0 bridgehead atoms. The molecule has 0 atom stereocenters. The van der Waals surface area contributed by atoms with E-state index in [0.29, 0.717) is 6.16 Å². The van der Waals surface area contributed by atoms with Crippen LogP contribution in [-0.4, -0.2) is 25.3 Å². The van der Waals surface area contributed by atoms with Crippen LogP contribution in [0.3, 0.4) is 0 Å². The Hall–Kier alpha value is -3.62. The zero-order valence-corrected chi connectivity index (χ0v) is 21.2. The minimum Gasteiger partial charge on any atom is -0.183 e. The van der Waals surface area contributed by atoms with Gasteiger partial charge in [-0.3, -0.25) is 0 Å². The maximum absolute atomic E-state index is 8.60. The van der Waals surface area contributed by atoms with Crippen molar-refractivity contribution in [2.75, 3.05) is 0 Å². The second-order valence-corrected chi connectivity index (χ2v) is 12.2. The molecule has 186 valence electrons. The Balaban J connectivity index is 0.000000586. The summed E-state index contributed by atoms with van der Waals surface area (Å²) >= 11 is 0. The summed E-state index contributed by atoms with van der Waals surface area (Å²) in [6.07, 6.45) is 0.706. The fourth-order valence-electron chi connectivity index (χ4n) is 4.16. The van der Waals surface area contributed by atoms with Crippen molar-refractivity contribution in [1.82, 2.24) is 20.6 Å². The predicted molar refractivity (Wildman–Crippen MR) is 134 cm³/mol. The van der Waals surface area contributed by atoms with Gasteiger partial charge in [0.15, 0.2) is 0 Å². The molecule has 0 saturated heterocycles. The van der Waals surface area contributed by atoms with Gasteiger partial charge in [0.2, 0.25) is 0 Å². The highest BCUT2D eigenvalue weighted by Crippen LogP contribution is 2.58. The summed E-state index contributed by atoms with van der Waals surface area (Å²) in [6.45, 7) is 0. The Bertz CT molecular complexity index is 1290. The van der Waals surface area contributed by atoms with Crippen molar-refractivity contribution < 1.29 is 28.9 Å². The summed E-state index contributed by atoms with van der Waals surface area (Å²) in [5.74, 6) is 0. The molecule has 4 aromatic carbocycles. The SMILES string of the molecule is [O-][Cl+3]([O-])([O-])O.c1ccc(-c2nnnnc2C[P+](c2ccccc2)(c2ccccc2)c2ccccc2)cc1. The molecule has 0 unspecified atom stereocenters. The van der Waals surface area contributed by atoms with Gasteiger partial charge in [-0.2, -0.15) is 14.0 Å². The van der Waals surface area contributed by atoms with E-state index >= 15 is 0 Å². The van der Waals surface area contributed by atoms with Gasteiger partial charge in [-0.1, -0.05) is 84.9 Å². The van der Waals surface area contributed by atoms with E-state index in [0.717, 1.165) is 17.0 Å². The van der Waals surface area contributed by atoms with Gasteiger partial charge in [-0.05, 0) is 46.8 Å². The van der Waals surface area contributed by atoms with Gasteiger partial charge in [-0.15, -0.1) is 10.2 Å². The molecule has 0 fully saturated rings. The van der Waals surface area contributed by atoms with Crippen LogP contribution in [0.2, 0.25) is 0 Å². The number of benzene rings is 4. The molecule has 1 N–H and O–H groups in total. The molecule has 0 aliphatic carbocycles. The molecule has 37 heavy (non-hydrogen) atoms. The van der Waals surface area contributed by atoms with E-state index in [2.05, 4.69) is 112 Å². The summed E-state index contributed by atoms with van der Waals surface area (Å²) in [6, 6.07) is 42.4. The van der Waals surface area contributed by atoms with Crippen LogP contribution in [0.5, 0.6) is 0 Å². The normalized spacial score (nSPS) is 11.4. The van der Waals surface area contributed by atoms with Gasteiger partial charge < -0.3 is 0 Å². The highest BCUT2D eigenvalue weighted by atomic mass is 35.7. The largest absolute Gasteiger partial charge is 0.183 e. The van der Waals surface area contributed by atoms with Crippen LogP contribution in [0.15, 0.2) is 121 Å². The monoisotopic (exact) mass is 533 g/mol. The quantitative estimate of drug-likeness (QED) is 0.307. The fourth-order valence-corrected chi connectivity index (χ4v) is 8.31. The summed E-state index contributed by atoms with van der Waals surface area (Å²) in [4.78, 5) is 0. The van der Waals surface area contributed by atoms with Gasteiger partial charge in [0.05, 0.1) is 14.9 Å². The molecule has 0 amide bonds. The molecule has 0 aliphatic heterocycles. The average molecular weight is 534 g/mol. The first-order valence-electron chi connectivity index (χ1n) is 11.2. The van der Waals surface area contributed by atoms with E-state index in [-0.39, 0.29) is 0 Å². The summed E-state index contributed by atoms with van der Waals surface area (Å²) in [5.41, 5.74) is 2.64. The van der Waals surface area contributed by atoms with Gasteiger partial charge in [0, 0.05) is 5.56 Å². The maximum Gasteiger partial charge on any atom is 0.131 e. The highest BCUT2D eigenvalue weighted by molar-refractivity contribution is 7.95. The molecule has 0 radical (unpaired) electrons. The second kappa shape index (κ2) is 12.1. The maximum atomic E-state index is 8.60. The van der Waals surface area contributed by atoms with Crippen LogP contribution in [0, 0.1) is 10.2 Å². The van der Waals surface area contributed by atoms with Gasteiger partial charge in [-0.25, -0.2) is 0 Å². The average Bonchev–Trinajstić information content (AvgIpc) is 2.93. The molecule has 8 nitrogen and oxygen atoms in total. The lowest BCUT2D eigenvalue weighted by Gasteiger charge is -2.27. The number of hydrogen-bond acceptors (Lipinski definition) is 8. The van der Waals surface area contributed by atoms with E-state index < -0.39 is 17.5 Å². The van der Waals surface area contributed by atoms with E-state index in [4.69, 9.17) is 18.6 Å². The topological polar surface area (TPSA) is 141 Å². The second-order valence-electron chi connectivity index (χ2n) is 7.91. The Kier molecular flexibility index (Phi) is 8.63. The van der Waals surface area contributed by atoms with E-state index in [1.54, 1.807) is 0 Å². The third-order valence-corrected chi connectivity index (χ3v) is 9.96. The van der Waals surface area contributed by atoms with Gasteiger partial charge in [0.25, 0.3) is 0 Å². The molecular formula is C27H23ClN4O4P+. The van der Waals surface area contributed by atoms with Crippen LogP contribution in [0.1, 0.15) is 5.69 Å². The fraction of sp³-hybridized carbons (Fsp3) is 0.0370. The standard InChI is InChI=1S/C27H22N4P.ClHO4/c1-5-13-22(14-6-1)27-26(28-30-31-29-27)21-32(23-15-7-2-8-16-23,24-17-9-3-10-18-24)25-19-11-4-12-20-25;2-1(3,4)5/h1-20H,21H2;(H,2,3,4,5)/q+1;. The number of halogens is 1.